The molecule has 1 fully saturated rings. The van der Waals surface area contributed by atoms with Gasteiger partial charge in [-0.2, -0.15) is 0 Å². The SMILES string of the molecule is CC(=O)N(C1CC1)C1(C(=O)O)Cc2ccc(Cl)cc2C1. The van der Waals surface area contributed by atoms with Crippen molar-refractivity contribution >= 4 is 23.5 Å². The summed E-state index contributed by atoms with van der Waals surface area (Å²) >= 11 is 5.99. The van der Waals surface area contributed by atoms with Gasteiger partial charge in [-0.3, -0.25) is 4.79 Å². The average molecular weight is 294 g/mol. The van der Waals surface area contributed by atoms with E-state index in [2.05, 4.69) is 0 Å². The number of benzene rings is 1. The molecule has 1 saturated carbocycles. The number of amides is 1. The van der Waals surface area contributed by atoms with Crippen molar-refractivity contribution in [3.05, 3.63) is 34.3 Å². The van der Waals surface area contributed by atoms with Gasteiger partial charge in [0.25, 0.3) is 0 Å². The lowest BCUT2D eigenvalue weighted by Crippen LogP contribution is -2.58. The van der Waals surface area contributed by atoms with Crippen LogP contribution in [0.25, 0.3) is 0 Å². The molecule has 1 aromatic rings. The number of hydrogen-bond donors (Lipinski definition) is 1. The smallest absolute Gasteiger partial charge is 0.330 e. The van der Waals surface area contributed by atoms with Crippen LogP contribution < -0.4 is 0 Å². The molecule has 20 heavy (non-hydrogen) atoms. The van der Waals surface area contributed by atoms with E-state index in [4.69, 9.17) is 11.6 Å². The van der Waals surface area contributed by atoms with Gasteiger partial charge in [0.1, 0.15) is 5.54 Å². The molecule has 1 unspecified atom stereocenters. The van der Waals surface area contributed by atoms with Crippen molar-refractivity contribution < 1.29 is 14.7 Å². The van der Waals surface area contributed by atoms with Crippen LogP contribution >= 0.6 is 11.6 Å². The topological polar surface area (TPSA) is 57.6 Å². The Balaban J connectivity index is 2.03. The molecule has 0 saturated heterocycles. The van der Waals surface area contributed by atoms with E-state index < -0.39 is 11.5 Å². The number of carbonyl (C=O) groups excluding carboxylic acids is 1. The van der Waals surface area contributed by atoms with Gasteiger partial charge in [0.2, 0.25) is 5.91 Å². The fourth-order valence-corrected chi connectivity index (χ4v) is 3.48. The fourth-order valence-electron chi connectivity index (χ4n) is 3.29. The van der Waals surface area contributed by atoms with Gasteiger partial charge in [-0.25, -0.2) is 4.79 Å². The second-order valence-corrected chi connectivity index (χ2v) is 6.16. The fraction of sp³-hybridized carbons (Fsp3) is 0.467. The van der Waals surface area contributed by atoms with Gasteiger partial charge >= 0.3 is 5.97 Å². The molecule has 2 aliphatic carbocycles. The lowest BCUT2D eigenvalue weighted by Gasteiger charge is -2.37. The second kappa shape index (κ2) is 4.48. The van der Waals surface area contributed by atoms with Crippen LogP contribution in [0.3, 0.4) is 0 Å². The monoisotopic (exact) mass is 293 g/mol. The first-order chi connectivity index (χ1) is 9.44. The number of fused-ring (bicyclic) bond motifs is 1. The summed E-state index contributed by atoms with van der Waals surface area (Å²) in [6, 6.07) is 5.53. The molecule has 1 N–H and O–H groups in total. The molecule has 3 rings (SSSR count). The molecule has 0 aromatic heterocycles. The van der Waals surface area contributed by atoms with E-state index in [1.807, 2.05) is 12.1 Å². The van der Waals surface area contributed by atoms with Gasteiger partial charge in [-0.1, -0.05) is 17.7 Å². The molecule has 0 heterocycles. The number of hydrogen-bond acceptors (Lipinski definition) is 2. The molecule has 0 bridgehead atoms. The third-order valence-electron chi connectivity index (χ3n) is 4.24. The first-order valence-electron chi connectivity index (χ1n) is 6.74. The molecule has 0 aliphatic heterocycles. The highest BCUT2D eigenvalue weighted by Crippen LogP contribution is 2.42. The summed E-state index contributed by atoms with van der Waals surface area (Å²) in [4.78, 5) is 25.5. The van der Waals surface area contributed by atoms with Crippen LogP contribution in [0.1, 0.15) is 30.9 Å². The molecule has 1 atom stereocenters. The van der Waals surface area contributed by atoms with E-state index in [0.29, 0.717) is 17.9 Å². The minimum absolute atomic E-state index is 0.0772. The molecule has 106 valence electrons. The predicted molar refractivity (Wildman–Crippen MR) is 74.8 cm³/mol. The normalized spacial score (nSPS) is 24.3. The van der Waals surface area contributed by atoms with Crippen molar-refractivity contribution in [3.8, 4) is 0 Å². The van der Waals surface area contributed by atoms with E-state index in [1.54, 1.807) is 11.0 Å². The van der Waals surface area contributed by atoms with E-state index in [9.17, 15) is 14.7 Å². The van der Waals surface area contributed by atoms with Gasteiger partial charge < -0.3 is 10.0 Å². The maximum Gasteiger partial charge on any atom is 0.330 e. The number of carboxylic acid groups (broad SMARTS) is 1. The van der Waals surface area contributed by atoms with E-state index in [-0.39, 0.29) is 11.9 Å². The minimum atomic E-state index is -1.14. The van der Waals surface area contributed by atoms with Crippen LogP contribution in [0.2, 0.25) is 5.02 Å². The zero-order valence-corrected chi connectivity index (χ0v) is 12.0. The second-order valence-electron chi connectivity index (χ2n) is 5.72. The Morgan fingerprint density at radius 2 is 1.95 bits per heavy atom. The van der Waals surface area contributed by atoms with Crippen LogP contribution in [0, 0.1) is 0 Å². The lowest BCUT2D eigenvalue weighted by atomic mass is 9.92. The first kappa shape index (κ1) is 13.4. The summed E-state index contributed by atoms with van der Waals surface area (Å²) in [7, 11) is 0. The average Bonchev–Trinajstić information content (AvgIpc) is 3.08. The Morgan fingerprint density at radius 1 is 1.30 bits per heavy atom. The van der Waals surface area contributed by atoms with Gasteiger partial charge in [0.05, 0.1) is 0 Å². The van der Waals surface area contributed by atoms with Crippen molar-refractivity contribution in [3.63, 3.8) is 0 Å². The van der Waals surface area contributed by atoms with Crippen molar-refractivity contribution in [1.82, 2.24) is 4.90 Å². The summed E-state index contributed by atoms with van der Waals surface area (Å²) in [5.41, 5.74) is 0.774. The summed E-state index contributed by atoms with van der Waals surface area (Å²) in [5.74, 6) is -1.08. The number of carboxylic acids is 1. The summed E-state index contributed by atoms with van der Waals surface area (Å²) in [5, 5.41) is 10.4. The predicted octanol–water partition coefficient (Wildman–Crippen LogP) is 2.27. The van der Waals surface area contributed by atoms with E-state index in [0.717, 1.165) is 24.0 Å². The standard InChI is InChI=1S/C15H16ClNO3/c1-9(18)17(13-4-5-13)15(14(19)20)7-10-2-3-12(16)6-11(10)8-15/h2-3,6,13H,4-5,7-8H2,1H3,(H,19,20). The highest BCUT2D eigenvalue weighted by atomic mass is 35.5. The molecule has 0 spiro atoms. The van der Waals surface area contributed by atoms with E-state index in [1.165, 1.54) is 6.92 Å². The van der Waals surface area contributed by atoms with Crippen molar-refractivity contribution in [2.45, 2.75) is 44.2 Å². The van der Waals surface area contributed by atoms with Gasteiger partial charge in [0, 0.05) is 30.8 Å². The van der Waals surface area contributed by atoms with Crippen LogP contribution in [-0.4, -0.2) is 33.5 Å². The number of carbonyl (C=O) groups is 2. The molecule has 0 radical (unpaired) electrons. The lowest BCUT2D eigenvalue weighted by molar-refractivity contribution is -0.158. The Bertz CT molecular complexity index is 597. The minimum Gasteiger partial charge on any atom is -0.479 e. The van der Waals surface area contributed by atoms with Gasteiger partial charge in [-0.05, 0) is 36.1 Å². The van der Waals surface area contributed by atoms with Crippen molar-refractivity contribution in [2.24, 2.45) is 0 Å². The Morgan fingerprint density at radius 3 is 2.50 bits per heavy atom. The highest BCUT2D eigenvalue weighted by molar-refractivity contribution is 6.30. The highest BCUT2D eigenvalue weighted by Gasteiger charge is 2.54. The largest absolute Gasteiger partial charge is 0.479 e. The quantitative estimate of drug-likeness (QED) is 0.930. The summed E-state index contributed by atoms with van der Waals surface area (Å²) in [6.07, 6.45) is 2.50. The Hall–Kier alpha value is -1.55. The third-order valence-corrected chi connectivity index (χ3v) is 4.48. The number of halogens is 1. The molecule has 1 aromatic carbocycles. The number of nitrogens with zero attached hydrogens (tertiary/aromatic N) is 1. The molecular weight excluding hydrogens is 278 g/mol. The zero-order valence-electron chi connectivity index (χ0n) is 11.2. The molecular formula is C15H16ClNO3. The van der Waals surface area contributed by atoms with Crippen LogP contribution in [-0.2, 0) is 22.4 Å². The number of aliphatic carboxylic acids is 1. The maximum atomic E-state index is 12.0. The molecule has 1 amide bonds. The van der Waals surface area contributed by atoms with Crippen molar-refractivity contribution in [1.29, 1.82) is 0 Å². The van der Waals surface area contributed by atoms with Crippen LogP contribution in [0.4, 0.5) is 0 Å². The van der Waals surface area contributed by atoms with Crippen LogP contribution in [0.5, 0.6) is 0 Å². The zero-order chi connectivity index (χ0) is 14.5. The summed E-state index contributed by atoms with van der Waals surface area (Å²) in [6.45, 7) is 1.46. The van der Waals surface area contributed by atoms with E-state index >= 15 is 0 Å². The first-order valence-corrected chi connectivity index (χ1v) is 7.12. The van der Waals surface area contributed by atoms with Crippen molar-refractivity contribution in [2.75, 3.05) is 0 Å². The maximum absolute atomic E-state index is 12.0. The third kappa shape index (κ3) is 1.99. The van der Waals surface area contributed by atoms with Crippen LogP contribution in [0.15, 0.2) is 18.2 Å². The Labute approximate surface area is 122 Å². The molecule has 2 aliphatic rings. The molecule has 4 nitrogen and oxygen atoms in total. The van der Waals surface area contributed by atoms with Gasteiger partial charge in [-0.15, -0.1) is 0 Å². The molecule has 5 heteroatoms. The summed E-state index contributed by atoms with van der Waals surface area (Å²) < 4.78 is 0. The number of rotatable bonds is 3. The Kier molecular flexibility index (Phi) is 3.01. The van der Waals surface area contributed by atoms with Gasteiger partial charge in [0.15, 0.2) is 0 Å².